The number of carbonyl (C=O) groups excluding carboxylic acids is 1. The largest absolute Gasteiger partial charge is 0.481 e. The summed E-state index contributed by atoms with van der Waals surface area (Å²) in [5.41, 5.74) is 7.88. The Kier molecular flexibility index (Phi) is 9.47. The van der Waals surface area contributed by atoms with Crippen molar-refractivity contribution < 1.29 is 27.9 Å². The van der Waals surface area contributed by atoms with Crippen molar-refractivity contribution in [2.75, 3.05) is 44.2 Å². The lowest BCUT2D eigenvalue weighted by atomic mass is 10.0. The predicted octanol–water partition coefficient (Wildman–Crippen LogP) is 2.52. The molecule has 0 bridgehead atoms. The monoisotopic (exact) mass is 545 g/mol. The van der Waals surface area contributed by atoms with Crippen LogP contribution in [0.3, 0.4) is 0 Å². The molecule has 11 nitrogen and oxygen atoms in total. The number of ether oxygens (including phenoxy) is 1. The topological polar surface area (TPSA) is 157 Å². The number of nitrogens with two attached hydrogens (primary N) is 1. The van der Waals surface area contributed by atoms with Crippen LogP contribution in [0, 0.1) is 5.41 Å². The number of rotatable bonds is 7. The van der Waals surface area contributed by atoms with Crippen LogP contribution in [0.4, 0.5) is 10.5 Å². The second kappa shape index (κ2) is 12.4. The minimum Gasteiger partial charge on any atom is -0.481 e. The second-order valence-electron chi connectivity index (χ2n) is 9.52. The number of sulfonamides is 1. The van der Waals surface area contributed by atoms with E-state index in [1.54, 1.807) is 41.3 Å². The third kappa shape index (κ3) is 7.30. The van der Waals surface area contributed by atoms with Crippen molar-refractivity contribution in [3.05, 3.63) is 59.7 Å². The molecular formula is C26H35N5O6S. The van der Waals surface area contributed by atoms with Gasteiger partial charge < -0.3 is 15.6 Å². The zero-order chi connectivity index (χ0) is 28.0. The van der Waals surface area contributed by atoms with Crippen LogP contribution in [0.1, 0.15) is 37.8 Å². The minimum absolute atomic E-state index is 0.0258. The number of amidine groups is 1. The Labute approximate surface area is 223 Å². The number of nitrogens with zero attached hydrogens (tertiary/aromatic N) is 3. The molecule has 2 aliphatic heterocycles. The molecular weight excluding hydrogens is 510 g/mol. The Bertz CT molecular complexity index is 1240. The summed E-state index contributed by atoms with van der Waals surface area (Å²) in [4.78, 5) is 25.4. The molecule has 0 aliphatic carbocycles. The van der Waals surface area contributed by atoms with E-state index in [1.165, 1.54) is 4.31 Å². The number of nitrogen functional groups attached to an aromatic ring is 1. The lowest BCUT2D eigenvalue weighted by Gasteiger charge is -2.34. The summed E-state index contributed by atoms with van der Waals surface area (Å²) in [6.45, 7) is 8.14. The molecule has 38 heavy (non-hydrogen) atoms. The first-order valence-electron chi connectivity index (χ1n) is 12.3. The normalized spacial score (nSPS) is 18.6. The van der Waals surface area contributed by atoms with E-state index in [2.05, 4.69) is 18.7 Å². The number of hydrogen-bond donors (Lipinski definition) is 3. The molecule has 0 spiro atoms. The van der Waals surface area contributed by atoms with Gasteiger partial charge in [-0.1, -0.05) is 26.0 Å². The first-order valence-corrected chi connectivity index (χ1v) is 13.8. The van der Waals surface area contributed by atoms with Crippen LogP contribution in [0.2, 0.25) is 0 Å². The maximum Gasteiger partial charge on any atom is 0.414 e. The molecule has 4 N–H and O–H groups in total. The molecule has 2 aromatic carbocycles. The highest BCUT2D eigenvalue weighted by molar-refractivity contribution is 7.89. The maximum atomic E-state index is 13.0. The third-order valence-corrected chi connectivity index (χ3v) is 8.25. The highest BCUT2D eigenvalue weighted by atomic mass is 32.2. The van der Waals surface area contributed by atoms with Crippen molar-refractivity contribution in [1.82, 2.24) is 9.21 Å². The number of carboxylic acid groups (broad SMARTS) is 1. The van der Waals surface area contributed by atoms with Gasteiger partial charge in [-0.15, -0.1) is 0 Å². The fourth-order valence-corrected chi connectivity index (χ4v) is 5.68. The summed E-state index contributed by atoms with van der Waals surface area (Å²) in [5.74, 6) is -0.511. The van der Waals surface area contributed by atoms with E-state index < -0.39 is 22.1 Å². The molecule has 4 rings (SSSR count). The molecule has 1 amide bonds. The van der Waals surface area contributed by atoms with Gasteiger partial charge in [-0.2, -0.15) is 4.31 Å². The Balaban J connectivity index is 0.000000934. The molecule has 2 fully saturated rings. The number of nitrogens with one attached hydrogen (secondary N) is 1. The van der Waals surface area contributed by atoms with Crippen LogP contribution in [-0.4, -0.2) is 86.0 Å². The van der Waals surface area contributed by atoms with Gasteiger partial charge in [0.15, 0.2) is 0 Å². The lowest BCUT2D eigenvalue weighted by Crippen LogP contribution is -2.50. The van der Waals surface area contributed by atoms with E-state index in [4.69, 9.17) is 25.8 Å². The van der Waals surface area contributed by atoms with Crippen LogP contribution in [0.5, 0.6) is 0 Å². The van der Waals surface area contributed by atoms with Gasteiger partial charge in [0.1, 0.15) is 11.9 Å². The number of amides is 1. The minimum atomic E-state index is -3.53. The molecule has 0 aromatic heterocycles. The summed E-state index contributed by atoms with van der Waals surface area (Å²) < 4.78 is 33.2. The van der Waals surface area contributed by atoms with Crippen LogP contribution < -0.4 is 10.6 Å². The van der Waals surface area contributed by atoms with E-state index in [1.807, 2.05) is 12.1 Å². The molecule has 206 valence electrons. The highest BCUT2D eigenvalue weighted by Gasteiger charge is 2.35. The summed E-state index contributed by atoms with van der Waals surface area (Å²) in [6, 6.07) is 14.0. The molecule has 2 saturated heterocycles. The molecule has 2 aliphatic rings. The molecule has 12 heteroatoms. The van der Waals surface area contributed by atoms with Gasteiger partial charge >= 0.3 is 6.09 Å². The fourth-order valence-electron chi connectivity index (χ4n) is 4.26. The molecule has 0 saturated carbocycles. The van der Waals surface area contributed by atoms with Gasteiger partial charge in [-0.3, -0.25) is 20.0 Å². The molecule has 2 heterocycles. The second-order valence-corrected chi connectivity index (χ2v) is 11.5. The lowest BCUT2D eigenvalue weighted by molar-refractivity contribution is -0.134. The van der Waals surface area contributed by atoms with Crippen molar-refractivity contribution in [2.24, 2.45) is 5.73 Å². The van der Waals surface area contributed by atoms with Crippen molar-refractivity contribution in [1.29, 1.82) is 5.41 Å². The first-order chi connectivity index (χ1) is 17.9. The van der Waals surface area contributed by atoms with Gasteiger partial charge in [-0.25, -0.2) is 13.2 Å². The number of hydrogen-bond acceptors (Lipinski definition) is 7. The van der Waals surface area contributed by atoms with Gasteiger partial charge in [-0.05, 0) is 47.9 Å². The number of benzene rings is 2. The summed E-state index contributed by atoms with van der Waals surface area (Å²) >= 11 is 0. The zero-order valence-electron chi connectivity index (χ0n) is 21.8. The summed E-state index contributed by atoms with van der Waals surface area (Å²) in [7, 11) is -3.53. The predicted molar refractivity (Wildman–Crippen MR) is 144 cm³/mol. The van der Waals surface area contributed by atoms with Crippen LogP contribution in [0.15, 0.2) is 53.4 Å². The SMILES string of the molecule is CC(=O)O.CC(C)c1ccc(S(=O)(=O)N2CCN(CC3CN(c4ccc(C(=N)N)cc4)C(=O)O3)CC2)cc1. The standard InChI is InChI=1S/C24H31N5O4S.C2H4O2/c1-17(2)18-5-9-22(10-6-18)34(31,32)28-13-11-27(12-14-28)15-21-16-29(24(30)33-21)20-7-3-19(4-8-20)23(25)26;1-2(3)4/h3-10,17,21H,11-16H2,1-2H3,(H3,25,26);1H3,(H,3,4). The van der Waals surface area contributed by atoms with Gasteiger partial charge in [0.25, 0.3) is 5.97 Å². The van der Waals surface area contributed by atoms with Crippen LogP contribution >= 0.6 is 0 Å². The van der Waals surface area contributed by atoms with Crippen molar-refractivity contribution in [2.45, 2.75) is 37.7 Å². The van der Waals surface area contributed by atoms with E-state index >= 15 is 0 Å². The molecule has 2 aromatic rings. The van der Waals surface area contributed by atoms with E-state index in [0.717, 1.165) is 12.5 Å². The fraction of sp³-hybridized carbons (Fsp3) is 0.423. The van der Waals surface area contributed by atoms with Crippen LogP contribution in [-0.2, 0) is 19.6 Å². The Morgan fingerprint density at radius 3 is 2.13 bits per heavy atom. The number of cyclic esters (lactones) is 1. The quantitative estimate of drug-likeness (QED) is 0.354. The van der Waals surface area contributed by atoms with E-state index in [-0.39, 0.29) is 11.9 Å². The van der Waals surface area contributed by atoms with Crippen molar-refractivity contribution in [3.8, 4) is 0 Å². The highest BCUT2D eigenvalue weighted by Crippen LogP contribution is 2.24. The number of carboxylic acids is 1. The summed E-state index contributed by atoms with van der Waals surface area (Å²) in [5, 5.41) is 14.9. The molecule has 0 radical (unpaired) electrons. The molecule has 1 atom stereocenters. The van der Waals surface area contributed by atoms with E-state index in [0.29, 0.717) is 61.3 Å². The van der Waals surface area contributed by atoms with Gasteiger partial charge in [0.2, 0.25) is 10.0 Å². The van der Waals surface area contributed by atoms with Crippen molar-refractivity contribution in [3.63, 3.8) is 0 Å². The van der Waals surface area contributed by atoms with Gasteiger partial charge in [0, 0.05) is 50.9 Å². The zero-order valence-corrected chi connectivity index (χ0v) is 22.6. The average Bonchev–Trinajstić information content (AvgIpc) is 3.23. The number of anilines is 1. The Hall–Kier alpha value is -3.48. The maximum absolute atomic E-state index is 13.0. The Morgan fingerprint density at radius 1 is 1.08 bits per heavy atom. The average molecular weight is 546 g/mol. The van der Waals surface area contributed by atoms with Gasteiger partial charge in [0.05, 0.1) is 11.4 Å². The third-order valence-electron chi connectivity index (χ3n) is 6.34. The Morgan fingerprint density at radius 2 is 1.63 bits per heavy atom. The van der Waals surface area contributed by atoms with E-state index in [9.17, 15) is 13.2 Å². The van der Waals surface area contributed by atoms with Crippen LogP contribution in [0.25, 0.3) is 0 Å². The van der Waals surface area contributed by atoms with Crippen molar-refractivity contribution >= 4 is 33.6 Å². The number of carbonyl (C=O) groups is 2. The smallest absolute Gasteiger partial charge is 0.414 e. The number of piperazine rings is 1. The molecule has 1 unspecified atom stereocenters. The summed E-state index contributed by atoms with van der Waals surface area (Å²) in [6.07, 6.45) is -0.710. The number of aliphatic carboxylic acids is 1. The first kappa shape index (κ1) is 29.1.